The summed E-state index contributed by atoms with van der Waals surface area (Å²) in [6.45, 7) is 3.29. The lowest BCUT2D eigenvalue weighted by Gasteiger charge is -2.28. The predicted octanol–water partition coefficient (Wildman–Crippen LogP) is 3.11. The molecular weight excluding hydrogens is 518 g/mol. The summed E-state index contributed by atoms with van der Waals surface area (Å²) in [5.41, 5.74) is 0.465. The van der Waals surface area contributed by atoms with Gasteiger partial charge in [0.1, 0.15) is 6.54 Å². The summed E-state index contributed by atoms with van der Waals surface area (Å²) in [6, 6.07) is 9.58. The number of imide groups is 1. The molecule has 2 aliphatic heterocycles. The number of morpholine rings is 1. The van der Waals surface area contributed by atoms with Crippen LogP contribution in [0.15, 0.2) is 47.4 Å². The highest BCUT2D eigenvalue weighted by atomic mass is 32.2. The summed E-state index contributed by atoms with van der Waals surface area (Å²) >= 11 is 0.729. The summed E-state index contributed by atoms with van der Waals surface area (Å²) in [5, 5.41) is 10.3. The predicted molar refractivity (Wildman–Crippen MR) is 136 cm³/mol. The number of rotatable bonds is 8. The minimum Gasteiger partial charge on any atom is -0.490 e. The second-order valence-corrected chi connectivity index (χ2v) is 9.09. The maximum Gasteiger partial charge on any atom is 0.343 e. The van der Waals surface area contributed by atoms with Gasteiger partial charge in [-0.2, -0.15) is 0 Å². The number of benzene rings is 2. The monoisotopic (exact) mass is 541 g/mol. The lowest BCUT2D eigenvalue weighted by Crippen LogP contribution is -2.46. The number of non-ortho nitro benzene ring substituents is 1. The van der Waals surface area contributed by atoms with Gasteiger partial charge in [0, 0.05) is 25.2 Å². The molecule has 0 bridgehead atoms. The van der Waals surface area contributed by atoms with Crippen LogP contribution in [0.25, 0.3) is 6.08 Å². The SMILES string of the molecule is CCOc1cc(/C=C2\SC(=O)N(CC(=O)N3CCOCC3)C2=O)ccc1OC(=O)c1ccc([N+](=O)[O-])cc1. The highest BCUT2D eigenvalue weighted by molar-refractivity contribution is 8.18. The standard InChI is InChI=1S/C25H23N3O9S/c1-2-36-20-13-16(3-8-19(20)37-24(31)17-4-6-18(7-5-17)28(33)34)14-21-23(30)27(25(32)38-21)15-22(29)26-9-11-35-12-10-26/h3-8,13-14H,2,9-12,15H2,1H3/b21-14-. The highest BCUT2D eigenvalue weighted by Gasteiger charge is 2.37. The Morgan fingerprint density at radius 1 is 1.11 bits per heavy atom. The molecule has 0 N–H and O–H groups in total. The molecule has 12 nitrogen and oxygen atoms in total. The fraction of sp³-hybridized carbons (Fsp3) is 0.280. The van der Waals surface area contributed by atoms with E-state index in [9.17, 15) is 29.3 Å². The fourth-order valence-corrected chi connectivity index (χ4v) is 4.52. The van der Waals surface area contributed by atoms with Crippen molar-refractivity contribution in [1.82, 2.24) is 9.80 Å². The molecule has 0 radical (unpaired) electrons. The number of carbonyl (C=O) groups is 4. The normalized spacial score (nSPS) is 16.6. The summed E-state index contributed by atoms with van der Waals surface area (Å²) in [6.07, 6.45) is 1.49. The van der Waals surface area contributed by atoms with Gasteiger partial charge in [-0.15, -0.1) is 0 Å². The van der Waals surface area contributed by atoms with Crippen LogP contribution in [0.3, 0.4) is 0 Å². The van der Waals surface area contributed by atoms with Crippen molar-refractivity contribution < 1.29 is 38.3 Å². The zero-order valence-corrected chi connectivity index (χ0v) is 21.1. The number of nitro benzene ring substituents is 1. The molecule has 0 aromatic heterocycles. The van der Waals surface area contributed by atoms with Crippen LogP contribution in [0.5, 0.6) is 11.5 Å². The molecule has 0 aliphatic carbocycles. The first-order chi connectivity index (χ1) is 18.3. The third kappa shape index (κ3) is 6.18. The molecule has 4 rings (SSSR count). The molecule has 3 amide bonds. The number of amides is 3. The molecule has 2 fully saturated rings. The molecule has 0 atom stereocenters. The zero-order valence-electron chi connectivity index (χ0n) is 20.3. The summed E-state index contributed by atoms with van der Waals surface area (Å²) in [5.74, 6) is -1.31. The molecule has 0 saturated carbocycles. The molecule has 2 saturated heterocycles. The van der Waals surface area contributed by atoms with E-state index in [4.69, 9.17) is 14.2 Å². The van der Waals surface area contributed by atoms with Gasteiger partial charge in [-0.05, 0) is 54.6 Å². The van der Waals surface area contributed by atoms with Crippen molar-refractivity contribution in [3.05, 3.63) is 68.6 Å². The number of esters is 1. The fourth-order valence-electron chi connectivity index (χ4n) is 3.68. The Labute approximate surface area is 221 Å². The summed E-state index contributed by atoms with van der Waals surface area (Å²) in [7, 11) is 0. The van der Waals surface area contributed by atoms with Crippen LogP contribution in [0, 0.1) is 10.1 Å². The Bertz CT molecular complexity index is 1300. The Morgan fingerprint density at radius 2 is 1.82 bits per heavy atom. The molecule has 13 heteroatoms. The average Bonchev–Trinajstić information content (AvgIpc) is 3.17. The van der Waals surface area contributed by atoms with Crippen molar-refractivity contribution in [2.45, 2.75) is 6.92 Å². The second kappa shape index (κ2) is 11.9. The summed E-state index contributed by atoms with van der Waals surface area (Å²) in [4.78, 5) is 63.2. The van der Waals surface area contributed by atoms with Crippen molar-refractivity contribution in [3.63, 3.8) is 0 Å². The third-order valence-corrected chi connectivity index (χ3v) is 6.52. The second-order valence-electron chi connectivity index (χ2n) is 8.09. The first kappa shape index (κ1) is 26.8. The van der Waals surface area contributed by atoms with Crippen LogP contribution in [0.2, 0.25) is 0 Å². The van der Waals surface area contributed by atoms with E-state index in [2.05, 4.69) is 0 Å². The van der Waals surface area contributed by atoms with Gasteiger partial charge in [-0.25, -0.2) is 4.79 Å². The van der Waals surface area contributed by atoms with Gasteiger partial charge >= 0.3 is 5.97 Å². The number of carbonyl (C=O) groups excluding carboxylic acids is 4. The minimum absolute atomic E-state index is 0.108. The molecule has 198 valence electrons. The molecule has 0 unspecified atom stereocenters. The first-order valence-electron chi connectivity index (χ1n) is 11.6. The third-order valence-electron chi connectivity index (χ3n) is 5.61. The Hall–Kier alpha value is -4.23. The topological polar surface area (TPSA) is 146 Å². The summed E-state index contributed by atoms with van der Waals surface area (Å²) < 4.78 is 16.2. The van der Waals surface area contributed by atoms with Crippen molar-refractivity contribution in [2.24, 2.45) is 0 Å². The van der Waals surface area contributed by atoms with Crippen LogP contribution in [0.1, 0.15) is 22.8 Å². The maximum atomic E-state index is 12.9. The van der Waals surface area contributed by atoms with Crippen LogP contribution in [-0.4, -0.2) is 77.2 Å². The smallest absolute Gasteiger partial charge is 0.343 e. The van der Waals surface area contributed by atoms with E-state index in [1.165, 1.54) is 36.4 Å². The number of hydrogen-bond donors (Lipinski definition) is 0. The van der Waals surface area contributed by atoms with Crippen molar-refractivity contribution in [3.8, 4) is 11.5 Å². The number of ether oxygens (including phenoxy) is 3. The van der Waals surface area contributed by atoms with Gasteiger partial charge in [0.05, 0.1) is 35.2 Å². The molecule has 38 heavy (non-hydrogen) atoms. The van der Waals surface area contributed by atoms with Crippen LogP contribution in [-0.2, 0) is 14.3 Å². The van der Waals surface area contributed by atoms with Crippen molar-refractivity contribution in [2.75, 3.05) is 39.5 Å². The molecule has 2 aromatic rings. The van der Waals surface area contributed by atoms with E-state index < -0.39 is 22.0 Å². The lowest BCUT2D eigenvalue weighted by molar-refractivity contribution is -0.384. The van der Waals surface area contributed by atoms with Crippen LogP contribution in [0.4, 0.5) is 10.5 Å². The Morgan fingerprint density at radius 3 is 2.47 bits per heavy atom. The lowest BCUT2D eigenvalue weighted by atomic mass is 10.1. The van der Waals surface area contributed by atoms with Gasteiger partial charge in [0.2, 0.25) is 5.91 Å². The largest absolute Gasteiger partial charge is 0.490 e. The van der Waals surface area contributed by atoms with Crippen LogP contribution >= 0.6 is 11.8 Å². The molecule has 2 aliphatic rings. The Balaban J connectivity index is 1.48. The van der Waals surface area contributed by atoms with Gasteiger partial charge < -0.3 is 19.1 Å². The quantitative estimate of drug-likeness (QED) is 0.161. The number of nitrogens with zero attached hydrogens (tertiary/aromatic N) is 3. The van der Waals surface area contributed by atoms with Gasteiger partial charge in [-0.1, -0.05) is 6.07 Å². The van der Waals surface area contributed by atoms with E-state index in [1.54, 1.807) is 24.0 Å². The molecule has 0 spiro atoms. The molecule has 2 aromatic carbocycles. The minimum atomic E-state index is -0.736. The van der Waals surface area contributed by atoms with Crippen molar-refractivity contribution in [1.29, 1.82) is 0 Å². The van der Waals surface area contributed by atoms with E-state index in [0.717, 1.165) is 16.7 Å². The van der Waals surface area contributed by atoms with E-state index in [1.807, 2.05) is 0 Å². The molecule has 2 heterocycles. The van der Waals surface area contributed by atoms with E-state index >= 15 is 0 Å². The number of hydrogen-bond acceptors (Lipinski definition) is 10. The van der Waals surface area contributed by atoms with E-state index in [0.29, 0.717) is 31.9 Å². The van der Waals surface area contributed by atoms with Gasteiger partial charge in [0.25, 0.3) is 16.8 Å². The Kier molecular flexibility index (Phi) is 8.38. The number of nitro groups is 1. The van der Waals surface area contributed by atoms with E-state index in [-0.39, 0.29) is 46.7 Å². The van der Waals surface area contributed by atoms with Crippen molar-refractivity contribution >= 4 is 46.5 Å². The molecular formula is C25H23N3O9S. The van der Waals surface area contributed by atoms with Gasteiger partial charge in [0.15, 0.2) is 11.5 Å². The van der Waals surface area contributed by atoms with Gasteiger partial charge in [-0.3, -0.25) is 29.4 Å². The zero-order chi connectivity index (χ0) is 27.2. The maximum absolute atomic E-state index is 12.9. The number of thioether (sulfide) groups is 1. The average molecular weight is 542 g/mol. The first-order valence-corrected chi connectivity index (χ1v) is 12.4. The van der Waals surface area contributed by atoms with Crippen LogP contribution < -0.4 is 9.47 Å². The highest BCUT2D eigenvalue weighted by Crippen LogP contribution is 2.35.